The van der Waals surface area contributed by atoms with Gasteiger partial charge < -0.3 is 4.74 Å². The molecular formula is C17H30O2. The van der Waals surface area contributed by atoms with Crippen LogP contribution in [0.4, 0.5) is 0 Å². The first kappa shape index (κ1) is 17.9. The van der Waals surface area contributed by atoms with Gasteiger partial charge in [-0.05, 0) is 19.8 Å². The number of esters is 1. The molecule has 2 nitrogen and oxygen atoms in total. The maximum atomic E-state index is 11.0. The monoisotopic (exact) mass is 266 g/mol. The second kappa shape index (κ2) is 15.0. The fourth-order valence-corrected chi connectivity index (χ4v) is 1.90. The molecule has 110 valence electrons. The van der Waals surface area contributed by atoms with Crippen LogP contribution in [-0.2, 0) is 9.53 Å². The van der Waals surface area contributed by atoms with Gasteiger partial charge in [-0.3, -0.25) is 0 Å². The van der Waals surface area contributed by atoms with Crippen molar-refractivity contribution in [1.29, 1.82) is 0 Å². The van der Waals surface area contributed by atoms with Gasteiger partial charge in [-0.1, -0.05) is 70.1 Å². The van der Waals surface area contributed by atoms with Crippen molar-refractivity contribution in [1.82, 2.24) is 0 Å². The number of hydrogen-bond acceptors (Lipinski definition) is 2. The van der Waals surface area contributed by atoms with Crippen LogP contribution in [0.5, 0.6) is 0 Å². The van der Waals surface area contributed by atoms with Gasteiger partial charge in [-0.2, -0.15) is 0 Å². The van der Waals surface area contributed by atoms with Crippen LogP contribution in [0.15, 0.2) is 24.3 Å². The third kappa shape index (κ3) is 14.9. The standard InChI is InChI=1S/C17H30O2/c1-3-5-6-7-8-9-10-11-12-13-14-15-16-17(18)19-4-2/h13-16H,3-12H2,1-2H3/b14-13+,16-15+. The molecule has 0 saturated carbocycles. The Bertz CT molecular complexity index is 254. The number of ether oxygens (including phenoxy) is 1. The van der Waals surface area contributed by atoms with E-state index in [9.17, 15) is 4.79 Å². The second-order valence-electron chi connectivity index (χ2n) is 4.80. The normalized spacial score (nSPS) is 11.5. The lowest BCUT2D eigenvalue weighted by atomic mass is 10.1. The van der Waals surface area contributed by atoms with Gasteiger partial charge in [-0.25, -0.2) is 4.79 Å². The van der Waals surface area contributed by atoms with E-state index in [2.05, 4.69) is 13.0 Å². The minimum atomic E-state index is -0.265. The van der Waals surface area contributed by atoms with Crippen molar-refractivity contribution in [2.45, 2.75) is 71.6 Å². The third-order valence-corrected chi connectivity index (χ3v) is 2.99. The molecule has 0 spiro atoms. The average Bonchev–Trinajstić information content (AvgIpc) is 2.40. The minimum absolute atomic E-state index is 0.265. The predicted molar refractivity (Wildman–Crippen MR) is 82.1 cm³/mol. The summed E-state index contributed by atoms with van der Waals surface area (Å²) in [7, 11) is 0. The predicted octanol–water partition coefficient (Wildman–Crippen LogP) is 5.19. The van der Waals surface area contributed by atoms with E-state index in [1.54, 1.807) is 6.08 Å². The average molecular weight is 266 g/mol. The SMILES string of the molecule is CCCCCCCCCC/C=C/C=C/C(=O)OCC. The van der Waals surface area contributed by atoms with Gasteiger partial charge in [0.15, 0.2) is 0 Å². The van der Waals surface area contributed by atoms with Crippen LogP contribution < -0.4 is 0 Å². The first-order chi connectivity index (χ1) is 9.31. The summed E-state index contributed by atoms with van der Waals surface area (Å²) >= 11 is 0. The van der Waals surface area contributed by atoms with E-state index in [0.29, 0.717) is 6.61 Å². The lowest BCUT2D eigenvalue weighted by molar-refractivity contribution is -0.137. The number of carbonyl (C=O) groups is 1. The highest BCUT2D eigenvalue weighted by Crippen LogP contribution is 2.09. The summed E-state index contributed by atoms with van der Waals surface area (Å²) in [5, 5.41) is 0. The zero-order valence-corrected chi connectivity index (χ0v) is 12.7. The molecule has 0 rings (SSSR count). The molecule has 0 N–H and O–H groups in total. The zero-order chi connectivity index (χ0) is 14.2. The van der Waals surface area contributed by atoms with E-state index in [1.807, 2.05) is 13.0 Å². The molecule has 0 radical (unpaired) electrons. The summed E-state index contributed by atoms with van der Waals surface area (Å²) in [5.74, 6) is -0.265. The maximum absolute atomic E-state index is 11.0. The first-order valence-electron chi connectivity index (χ1n) is 7.81. The molecule has 0 heterocycles. The lowest BCUT2D eigenvalue weighted by Crippen LogP contribution is -1.98. The van der Waals surface area contributed by atoms with E-state index in [1.165, 1.54) is 57.4 Å². The number of allylic oxidation sites excluding steroid dienone is 3. The molecule has 0 aliphatic heterocycles. The summed E-state index contributed by atoms with van der Waals surface area (Å²) in [5.41, 5.74) is 0. The Morgan fingerprint density at radius 3 is 2.16 bits per heavy atom. The molecular weight excluding hydrogens is 236 g/mol. The van der Waals surface area contributed by atoms with Crippen LogP contribution >= 0.6 is 0 Å². The van der Waals surface area contributed by atoms with Crippen molar-refractivity contribution in [3.05, 3.63) is 24.3 Å². The van der Waals surface area contributed by atoms with Crippen molar-refractivity contribution in [3.8, 4) is 0 Å². The highest BCUT2D eigenvalue weighted by molar-refractivity contribution is 5.82. The van der Waals surface area contributed by atoms with Gasteiger partial charge in [0.1, 0.15) is 0 Å². The number of unbranched alkanes of at least 4 members (excludes halogenated alkanes) is 8. The number of hydrogen-bond donors (Lipinski definition) is 0. The van der Waals surface area contributed by atoms with Gasteiger partial charge in [0.2, 0.25) is 0 Å². The van der Waals surface area contributed by atoms with Gasteiger partial charge in [0.05, 0.1) is 6.61 Å². The molecule has 0 amide bonds. The molecule has 2 heteroatoms. The molecule has 0 aromatic carbocycles. The summed E-state index contributed by atoms with van der Waals surface area (Å²) in [6, 6.07) is 0. The van der Waals surface area contributed by atoms with Crippen LogP contribution in [0.1, 0.15) is 71.6 Å². The molecule has 0 atom stereocenters. The Morgan fingerprint density at radius 2 is 1.53 bits per heavy atom. The molecule has 0 saturated heterocycles. The summed E-state index contributed by atoms with van der Waals surface area (Å²) in [4.78, 5) is 11.0. The maximum Gasteiger partial charge on any atom is 0.330 e. The van der Waals surface area contributed by atoms with Gasteiger partial charge in [-0.15, -0.1) is 0 Å². The largest absolute Gasteiger partial charge is 0.463 e. The van der Waals surface area contributed by atoms with E-state index in [4.69, 9.17) is 4.74 Å². The van der Waals surface area contributed by atoms with E-state index >= 15 is 0 Å². The molecule has 0 aliphatic rings. The Hall–Kier alpha value is -1.05. The number of carbonyl (C=O) groups excluding carboxylic acids is 1. The van der Waals surface area contributed by atoms with Crippen LogP contribution in [-0.4, -0.2) is 12.6 Å². The Kier molecular flexibility index (Phi) is 14.2. The molecule has 0 aliphatic carbocycles. The summed E-state index contributed by atoms with van der Waals surface area (Å²) in [6.45, 7) is 4.50. The Labute approximate surface area is 118 Å². The van der Waals surface area contributed by atoms with Crippen LogP contribution in [0.25, 0.3) is 0 Å². The topological polar surface area (TPSA) is 26.3 Å². The summed E-state index contributed by atoms with van der Waals surface area (Å²) in [6.07, 6.45) is 19.2. The molecule has 0 bridgehead atoms. The van der Waals surface area contributed by atoms with Crippen molar-refractivity contribution in [3.63, 3.8) is 0 Å². The van der Waals surface area contributed by atoms with Gasteiger partial charge >= 0.3 is 5.97 Å². The first-order valence-corrected chi connectivity index (χ1v) is 7.81. The molecule has 0 aromatic rings. The van der Waals surface area contributed by atoms with Gasteiger partial charge in [0, 0.05) is 6.08 Å². The molecule has 0 aromatic heterocycles. The van der Waals surface area contributed by atoms with Crippen molar-refractivity contribution >= 4 is 5.97 Å². The van der Waals surface area contributed by atoms with E-state index < -0.39 is 0 Å². The summed E-state index contributed by atoms with van der Waals surface area (Å²) < 4.78 is 4.78. The third-order valence-electron chi connectivity index (χ3n) is 2.99. The van der Waals surface area contributed by atoms with Crippen molar-refractivity contribution < 1.29 is 9.53 Å². The number of rotatable bonds is 12. The Balaban J connectivity index is 3.27. The van der Waals surface area contributed by atoms with Crippen molar-refractivity contribution in [2.75, 3.05) is 6.61 Å². The molecule has 0 fully saturated rings. The fourth-order valence-electron chi connectivity index (χ4n) is 1.90. The highest BCUT2D eigenvalue weighted by atomic mass is 16.5. The minimum Gasteiger partial charge on any atom is -0.463 e. The molecule has 0 unspecified atom stereocenters. The van der Waals surface area contributed by atoms with Crippen LogP contribution in [0, 0.1) is 0 Å². The zero-order valence-electron chi connectivity index (χ0n) is 12.7. The molecule has 19 heavy (non-hydrogen) atoms. The van der Waals surface area contributed by atoms with Crippen molar-refractivity contribution in [2.24, 2.45) is 0 Å². The fraction of sp³-hybridized carbons (Fsp3) is 0.706. The second-order valence-corrected chi connectivity index (χ2v) is 4.80. The van der Waals surface area contributed by atoms with Gasteiger partial charge in [0.25, 0.3) is 0 Å². The Morgan fingerprint density at radius 1 is 0.895 bits per heavy atom. The highest BCUT2D eigenvalue weighted by Gasteiger charge is 1.91. The lowest BCUT2D eigenvalue weighted by Gasteiger charge is -1.99. The van der Waals surface area contributed by atoms with Crippen LogP contribution in [0.3, 0.4) is 0 Å². The van der Waals surface area contributed by atoms with E-state index in [-0.39, 0.29) is 5.97 Å². The quantitative estimate of drug-likeness (QED) is 0.210. The van der Waals surface area contributed by atoms with Crippen LogP contribution in [0.2, 0.25) is 0 Å². The smallest absolute Gasteiger partial charge is 0.330 e. The van der Waals surface area contributed by atoms with E-state index in [0.717, 1.165) is 6.42 Å².